The lowest BCUT2D eigenvalue weighted by Gasteiger charge is -2.28. The first-order chi connectivity index (χ1) is 9.08. The number of ether oxygens (including phenoxy) is 1. The van der Waals surface area contributed by atoms with Crippen molar-refractivity contribution in [3.63, 3.8) is 0 Å². The van der Waals surface area contributed by atoms with E-state index in [9.17, 15) is 9.90 Å². The Balaban J connectivity index is 2.21. The van der Waals surface area contributed by atoms with E-state index in [0.29, 0.717) is 37.8 Å². The fraction of sp³-hybridized carbons (Fsp3) is 0.583. The molecule has 19 heavy (non-hydrogen) atoms. The molecule has 2 heterocycles. The van der Waals surface area contributed by atoms with Crippen LogP contribution in [0.2, 0.25) is 0 Å². The van der Waals surface area contributed by atoms with E-state index in [1.807, 2.05) is 18.9 Å². The van der Waals surface area contributed by atoms with Gasteiger partial charge in [-0.15, -0.1) is 0 Å². The highest BCUT2D eigenvalue weighted by molar-refractivity contribution is 5.91. The highest BCUT2D eigenvalue weighted by atomic mass is 16.5. The summed E-state index contributed by atoms with van der Waals surface area (Å²) in [5.41, 5.74) is 3.46. The number of anilines is 1. The number of carboxylic acid groups (broad SMARTS) is 1. The van der Waals surface area contributed by atoms with Crippen LogP contribution in [-0.2, 0) is 4.74 Å². The number of nitrogens with one attached hydrogen (secondary N) is 1. The van der Waals surface area contributed by atoms with E-state index in [1.165, 1.54) is 6.20 Å². The molecule has 0 spiro atoms. The molecular formula is C12H18N4O3. The van der Waals surface area contributed by atoms with Crippen LogP contribution in [0.4, 0.5) is 5.69 Å². The number of hydrazine groups is 1. The number of aromatic carboxylic acids is 1. The second kappa shape index (κ2) is 5.94. The molecule has 7 heteroatoms. The first kappa shape index (κ1) is 13.7. The van der Waals surface area contributed by atoms with Crippen LogP contribution in [-0.4, -0.2) is 52.4 Å². The van der Waals surface area contributed by atoms with Gasteiger partial charge in [0.2, 0.25) is 0 Å². The second-order valence-electron chi connectivity index (χ2n) is 4.66. The molecule has 1 fully saturated rings. The van der Waals surface area contributed by atoms with Gasteiger partial charge in [-0.05, 0) is 0 Å². The Bertz CT molecular complexity index is 458. The Morgan fingerprint density at radius 2 is 2.16 bits per heavy atom. The van der Waals surface area contributed by atoms with E-state index in [4.69, 9.17) is 4.74 Å². The predicted molar refractivity (Wildman–Crippen MR) is 69.1 cm³/mol. The molecule has 1 saturated heterocycles. The fourth-order valence-corrected chi connectivity index (χ4v) is 1.76. The molecule has 2 rings (SSSR count). The highest BCUT2D eigenvalue weighted by Gasteiger charge is 2.18. The van der Waals surface area contributed by atoms with Gasteiger partial charge in [-0.25, -0.2) is 19.8 Å². The summed E-state index contributed by atoms with van der Waals surface area (Å²) in [6, 6.07) is 0. The van der Waals surface area contributed by atoms with Gasteiger partial charge in [0.05, 0.1) is 19.4 Å². The molecule has 0 radical (unpaired) electrons. The van der Waals surface area contributed by atoms with Crippen LogP contribution >= 0.6 is 0 Å². The maximum absolute atomic E-state index is 11.3. The van der Waals surface area contributed by atoms with Crippen LogP contribution in [0, 0.1) is 0 Å². The summed E-state index contributed by atoms with van der Waals surface area (Å²) in [4.78, 5) is 19.6. The van der Waals surface area contributed by atoms with Gasteiger partial charge in [0.15, 0.2) is 5.69 Å². The summed E-state index contributed by atoms with van der Waals surface area (Å²) >= 11 is 0. The van der Waals surface area contributed by atoms with Crippen LogP contribution in [0.15, 0.2) is 6.20 Å². The number of nitrogens with zero attached hydrogens (tertiary/aromatic N) is 3. The van der Waals surface area contributed by atoms with Gasteiger partial charge in [0, 0.05) is 19.0 Å². The molecular weight excluding hydrogens is 248 g/mol. The van der Waals surface area contributed by atoms with Crippen molar-refractivity contribution in [1.29, 1.82) is 0 Å². The van der Waals surface area contributed by atoms with Crippen molar-refractivity contribution in [2.75, 3.05) is 31.7 Å². The minimum absolute atomic E-state index is 0.00481. The first-order valence-electron chi connectivity index (χ1n) is 6.27. The van der Waals surface area contributed by atoms with E-state index in [1.54, 1.807) is 0 Å². The third kappa shape index (κ3) is 3.39. The molecule has 1 aliphatic rings. The van der Waals surface area contributed by atoms with Crippen molar-refractivity contribution in [3.05, 3.63) is 17.7 Å². The van der Waals surface area contributed by atoms with Gasteiger partial charge in [0.25, 0.3) is 0 Å². The summed E-state index contributed by atoms with van der Waals surface area (Å²) in [6.45, 7) is 6.50. The van der Waals surface area contributed by atoms with Gasteiger partial charge >= 0.3 is 5.97 Å². The Hall–Kier alpha value is -1.73. The third-order valence-electron chi connectivity index (χ3n) is 2.82. The topological polar surface area (TPSA) is 87.6 Å². The van der Waals surface area contributed by atoms with Crippen LogP contribution in [0.3, 0.4) is 0 Å². The average molecular weight is 266 g/mol. The summed E-state index contributed by atoms with van der Waals surface area (Å²) in [6.07, 6.45) is 1.53. The standard InChI is InChI=1S/C12H18N4O3/c1-8(2)11-13-7-9(10(14-11)12(17)18)15-16-3-5-19-6-4-16/h7-8,15H,3-6H2,1-2H3,(H,17,18). The van der Waals surface area contributed by atoms with Crippen molar-refractivity contribution in [2.45, 2.75) is 19.8 Å². The maximum atomic E-state index is 11.3. The summed E-state index contributed by atoms with van der Waals surface area (Å²) in [5, 5.41) is 11.1. The first-order valence-corrected chi connectivity index (χ1v) is 6.27. The molecule has 1 aliphatic heterocycles. The molecule has 0 aromatic carbocycles. The number of aromatic nitrogens is 2. The molecule has 1 aromatic heterocycles. The van der Waals surface area contributed by atoms with Crippen LogP contribution in [0.5, 0.6) is 0 Å². The number of rotatable bonds is 4. The number of carboxylic acids is 1. The molecule has 0 unspecified atom stereocenters. The zero-order valence-electron chi connectivity index (χ0n) is 11.1. The van der Waals surface area contributed by atoms with Gasteiger partial charge in [-0.2, -0.15) is 0 Å². The Morgan fingerprint density at radius 3 is 2.74 bits per heavy atom. The minimum Gasteiger partial charge on any atom is -0.476 e. The Labute approximate surface area is 111 Å². The smallest absolute Gasteiger partial charge is 0.356 e. The molecule has 1 aromatic rings. The quantitative estimate of drug-likeness (QED) is 0.839. The summed E-state index contributed by atoms with van der Waals surface area (Å²) in [5.74, 6) is -0.430. The van der Waals surface area contributed by atoms with Gasteiger partial charge in [-0.3, -0.25) is 0 Å². The molecule has 0 bridgehead atoms. The molecule has 7 nitrogen and oxygen atoms in total. The van der Waals surface area contributed by atoms with Crippen molar-refractivity contribution in [1.82, 2.24) is 15.0 Å². The fourth-order valence-electron chi connectivity index (χ4n) is 1.76. The van der Waals surface area contributed by atoms with E-state index in [-0.39, 0.29) is 11.6 Å². The van der Waals surface area contributed by atoms with E-state index in [0.717, 1.165) is 0 Å². The monoisotopic (exact) mass is 266 g/mol. The van der Waals surface area contributed by atoms with Crippen molar-refractivity contribution >= 4 is 11.7 Å². The lowest BCUT2D eigenvalue weighted by atomic mass is 10.2. The largest absolute Gasteiger partial charge is 0.476 e. The van der Waals surface area contributed by atoms with Crippen molar-refractivity contribution in [3.8, 4) is 0 Å². The number of hydrogen-bond acceptors (Lipinski definition) is 6. The maximum Gasteiger partial charge on any atom is 0.356 e. The molecule has 2 N–H and O–H groups in total. The zero-order chi connectivity index (χ0) is 13.8. The minimum atomic E-state index is -1.06. The summed E-state index contributed by atoms with van der Waals surface area (Å²) in [7, 11) is 0. The summed E-state index contributed by atoms with van der Waals surface area (Å²) < 4.78 is 5.24. The Kier molecular flexibility index (Phi) is 4.28. The normalized spacial score (nSPS) is 16.6. The van der Waals surface area contributed by atoms with E-state index < -0.39 is 5.97 Å². The number of carbonyl (C=O) groups is 1. The van der Waals surface area contributed by atoms with Crippen LogP contribution < -0.4 is 5.43 Å². The van der Waals surface area contributed by atoms with Crippen molar-refractivity contribution in [2.24, 2.45) is 0 Å². The van der Waals surface area contributed by atoms with E-state index >= 15 is 0 Å². The van der Waals surface area contributed by atoms with E-state index in [2.05, 4.69) is 15.4 Å². The highest BCUT2D eigenvalue weighted by Crippen LogP contribution is 2.17. The number of morpholine rings is 1. The molecule has 0 saturated carbocycles. The van der Waals surface area contributed by atoms with Gasteiger partial charge in [-0.1, -0.05) is 13.8 Å². The SMILES string of the molecule is CC(C)c1ncc(NN2CCOCC2)c(C(=O)O)n1. The molecule has 104 valence electrons. The average Bonchev–Trinajstić information content (AvgIpc) is 2.39. The molecule has 0 amide bonds. The number of hydrogen-bond donors (Lipinski definition) is 2. The third-order valence-corrected chi connectivity index (χ3v) is 2.82. The predicted octanol–water partition coefficient (Wildman–Crippen LogP) is 0.957. The van der Waals surface area contributed by atoms with Gasteiger partial charge < -0.3 is 15.3 Å². The lowest BCUT2D eigenvalue weighted by Crippen LogP contribution is -2.40. The second-order valence-corrected chi connectivity index (χ2v) is 4.66. The molecule has 0 aliphatic carbocycles. The van der Waals surface area contributed by atoms with Crippen LogP contribution in [0.1, 0.15) is 36.1 Å². The molecule has 0 atom stereocenters. The van der Waals surface area contributed by atoms with Gasteiger partial charge in [0.1, 0.15) is 11.5 Å². The van der Waals surface area contributed by atoms with Crippen LogP contribution in [0.25, 0.3) is 0 Å². The lowest BCUT2D eigenvalue weighted by molar-refractivity contribution is 0.0494. The van der Waals surface area contributed by atoms with Crippen molar-refractivity contribution < 1.29 is 14.6 Å². The zero-order valence-corrected chi connectivity index (χ0v) is 11.1. The Morgan fingerprint density at radius 1 is 1.47 bits per heavy atom.